The zero-order valence-electron chi connectivity index (χ0n) is 18.9. The Balaban J connectivity index is 1.71. The summed E-state index contributed by atoms with van der Waals surface area (Å²) in [6, 6.07) is 18.3. The van der Waals surface area contributed by atoms with Gasteiger partial charge in [-0.15, -0.1) is 0 Å². The smallest absolute Gasteiger partial charge is 0.343 e. The highest BCUT2D eigenvalue weighted by molar-refractivity contribution is 7.92. The number of hydrazone groups is 1. The Morgan fingerprint density at radius 1 is 1.00 bits per heavy atom. The highest BCUT2D eigenvalue weighted by Gasteiger charge is 2.27. The quantitative estimate of drug-likeness (QED) is 0.233. The molecule has 0 atom stereocenters. The van der Waals surface area contributed by atoms with Gasteiger partial charge in [0.1, 0.15) is 12.3 Å². The number of carbonyl (C=O) groups is 2. The molecule has 0 radical (unpaired) electrons. The molecule has 12 heteroatoms. The number of amides is 1. The topological polar surface area (TPSA) is 114 Å². The Morgan fingerprint density at radius 2 is 1.69 bits per heavy atom. The number of sulfonamides is 1. The first-order valence-corrected chi connectivity index (χ1v) is 12.5. The van der Waals surface area contributed by atoms with Gasteiger partial charge >= 0.3 is 5.97 Å². The van der Waals surface area contributed by atoms with E-state index in [1.807, 2.05) is 0 Å². The standard InChI is InChI=1S/C24H21Cl2N3O6S/c1-34-24(31)16-35-21-9-5-17(6-10-21)14-27-28-23(30)15-29(20-4-2-3-19(26)13-20)36(32,33)22-11-7-18(25)8-12-22/h2-14H,15-16H2,1H3,(H,28,30)/b27-14-. The Hall–Kier alpha value is -3.60. The fraction of sp³-hybridized carbons (Fsp3) is 0.125. The normalized spacial score (nSPS) is 11.2. The van der Waals surface area contributed by atoms with Crippen LogP contribution in [0.1, 0.15) is 5.56 Å². The molecule has 0 spiro atoms. The number of carbonyl (C=O) groups excluding carboxylic acids is 2. The first-order chi connectivity index (χ1) is 17.2. The molecule has 1 amide bonds. The highest BCUT2D eigenvalue weighted by atomic mass is 35.5. The summed E-state index contributed by atoms with van der Waals surface area (Å²) in [5.41, 5.74) is 3.15. The average molecular weight is 550 g/mol. The number of anilines is 1. The van der Waals surface area contributed by atoms with Gasteiger partial charge in [0.25, 0.3) is 15.9 Å². The lowest BCUT2D eigenvalue weighted by Gasteiger charge is -2.23. The minimum Gasteiger partial charge on any atom is -0.482 e. The van der Waals surface area contributed by atoms with Gasteiger partial charge in [-0.2, -0.15) is 5.10 Å². The third-order valence-electron chi connectivity index (χ3n) is 4.65. The summed E-state index contributed by atoms with van der Waals surface area (Å²) in [5.74, 6) is -0.735. The van der Waals surface area contributed by atoms with Crippen LogP contribution >= 0.6 is 23.2 Å². The fourth-order valence-corrected chi connectivity index (χ4v) is 4.60. The molecule has 0 aliphatic rings. The van der Waals surface area contributed by atoms with E-state index in [1.165, 1.54) is 49.7 Å². The molecule has 3 aromatic rings. The van der Waals surface area contributed by atoms with Crippen LogP contribution in [-0.4, -0.2) is 46.8 Å². The van der Waals surface area contributed by atoms with E-state index in [9.17, 15) is 18.0 Å². The van der Waals surface area contributed by atoms with E-state index >= 15 is 0 Å². The fourth-order valence-electron chi connectivity index (χ4n) is 2.88. The van der Waals surface area contributed by atoms with Crippen molar-refractivity contribution < 1.29 is 27.5 Å². The van der Waals surface area contributed by atoms with Crippen LogP contribution in [0.4, 0.5) is 5.69 Å². The molecule has 0 bridgehead atoms. The van der Waals surface area contributed by atoms with Gasteiger partial charge in [0, 0.05) is 10.0 Å². The van der Waals surface area contributed by atoms with Crippen molar-refractivity contribution in [2.45, 2.75) is 4.90 Å². The number of hydrogen-bond acceptors (Lipinski definition) is 7. The van der Waals surface area contributed by atoms with Gasteiger partial charge < -0.3 is 9.47 Å². The molecule has 3 aromatic carbocycles. The van der Waals surface area contributed by atoms with Crippen molar-refractivity contribution >= 4 is 57.0 Å². The average Bonchev–Trinajstić information content (AvgIpc) is 2.86. The van der Waals surface area contributed by atoms with Crippen molar-refractivity contribution in [2.24, 2.45) is 5.10 Å². The van der Waals surface area contributed by atoms with Crippen molar-refractivity contribution in [1.82, 2.24) is 5.43 Å². The number of nitrogens with zero attached hydrogens (tertiary/aromatic N) is 2. The van der Waals surface area contributed by atoms with Crippen molar-refractivity contribution in [2.75, 3.05) is 24.6 Å². The third-order valence-corrected chi connectivity index (χ3v) is 6.93. The maximum absolute atomic E-state index is 13.3. The van der Waals surface area contributed by atoms with Crippen LogP contribution < -0.4 is 14.5 Å². The number of nitrogens with one attached hydrogen (secondary N) is 1. The summed E-state index contributed by atoms with van der Waals surface area (Å²) < 4.78 is 37.3. The Labute approximate surface area is 218 Å². The Kier molecular flexibility index (Phi) is 9.29. The minimum absolute atomic E-state index is 0.0438. The summed E-state index contributed by atoms with van der Waals surface area (Å²) >= 11 is 11.9. The number of halogens is 2. The summed E-state index contributed by atoms with van der Waals surface area (Å²) in [6.07, 6.45) is 1.37. The first-order valence-electron chi connectivity index (χ1n) is 10.3. The van der Waals surface area contributed by atoms with Crippen molar-refractivity contribution in [1.29, 1.82) is 0 Å². The van der Waals surface area contributed by atoms with E-state index < -0.39 is 28.4 Å². The molecule has 0 saturated heterocycles. The highest BCUT2D eigenvalue weighted by Crippen LogP contribution is 2.26. The van der Waals surface area contributed by atoms with Crippen LogP contribution in [0.15, 0.2) is 82.8 Å². The maximum atomic E-state index is 13.3. The SMILES string of the molecule is COC(=O)COc1ccc(/C=N\NC(=O)CN(c2cccc(Cl)c2)S(=O)(=O)c2ccc(Cl)cc2)cc1. The second-order valence-corrected chi connectivity index (χ2v) is 9.91. The van der Waals surface area contributed by atoms with Crippen molar-refractivity contribution in [3.05, 3.63) is 88.4 Å². The minimum atomic E-state index is -4.12. The van der Waals surface area contributed by atoms with E-state index in [4.69, 9.17) is 27.9 Å². The number of hydrogen-bond donors (Lipinski definition) is 1. The second-order valence-electron chi connectivity index (χ2n) is 7.17. The van der Waals surface area contributed by atoms with Crippen molar-refractivity contribution in [3.8, 4) is 5.75 Å². The van der Waals surface area contributed by atoms with Crippen LogP contribution in [-0.2, 0) is 24.3 Å². The zero-order valence-corrected chi connectivity index (χ0v) is 21.3. The number of ether oxygens (including phenoxy) is 2. The molecule has 1 N–H and O–H groups in total. The Bertz CT molecular complexity index is 1350. The van der Waals surface area contributed by atoms with E-state index in [1.54, 1.807) is 36.4 Å². The molecule has 188 valence electrons. The van der Waals surface area contributed by atoms with Gasteiger partial charge in [-0.1, -0.05) is 29.3 Å². The molecular weight excluding hydrogens is 529 g/mol. The van der Waals surface area contributed by atoms with Gasteiger partial charge in [0.05, 0.1) is 23.9 Å². The van der Waals surface area contributed by atoms with Crippen LogP contribution in [0.25, 0.3) is 0 Å². The number of rotatable bonds is 10. The van der Waals surface area contributed by atoms with Gasteiger partial charge in [-0.05, 0) is 72.3 Å². The summed E-state index contributed by atoms with van der Waals surface area (Å²) in [6.45, 7) is -0.773. The van der Waals surface area contributed by atoms with Crippen LogP contribution in [0.2, 0.25) is 10.0 Å². The van der Waals surface area contributed by atoms with E-state index in [0.717, 1.165) is 4.31 Å². The van der Waals surface area contributed by atoms with Gasteiger partial charge in [0.15, 0.2) is 6.61 Å². The largest absolute Gasteiger partial charge is 0.482 e. The van der Waals surface area contributed by atoms with Crippen molar-refractivity contribution in [3.63, 3.8) is 0 Å². The van der Waals surface area contributed by atoms with Crippen LogP contribution in [0.5, 0.6) is 5.75 Å². The van der Waals surface area contributed by atoms with E-state index in [0.29, 0.717) is 21.4 Å². The van der Waals surface area contributed by atoms with Gasteiger partial charge in [0.2, 0.25) is 0 Å². The van der Waals surface area contributed by atoms with E-state index in [2.05, 4.69) is 15.3 Å². The number of benzene rings is 3. The lowest BCUT2D eigenvalue weighted by Crippen LogP contribution is -2.39. The van der Waals surface area contributed by atoms with Crippen LogP contribution in [0, 0.1) is 0 Å². The monoisotopic (exact) mass is 549 g/mol. The predicted molar refractivity (Wildman–Crippen MR) is 137 cm³/mol. The molecule has 0 aromatic heterocycles. The molecule has 0 aliphatic carbocycles. The third kappa shape index (κ3) is 7.45. The summed E-state index contributed by atoms with van der Waals surface area (Å²) in [7, 11) is -2.86. The van der Waals surface area contributed by atoms with Gasteiger partial charge in [-0.25, -0.2) is 18.6 Å². The lowest BCUT2D eigenvalue weighted by molar-refractivity contribution is -0.142. The molecule has 0 saturated carbocycles. The number of esters is 1. The molecular formula is C24H21Cl2N3O6S. The van der Waals surface area contributed by atoms with Gasteiger partial charge in [-0.3, -0.25) is 9.10 Å². The number of methoxy groups -OCH3 is 1. The molecule has 0 aliphatic heterocycles. The molecule has 0 unspecified atom stereocenters. The maximum Gasteiger partial charge on any atom is 0.343 e. The predicted octanol–water partition coefficient (Wildman–Crippen LogP) is 3.89. The molecule has 0 fully saturated rings. The lowest BCUT2D eigenvalue weighted by atomic mass is 10.2. The van der Waals surface area contributed by atoms with Crippen LogP contribution in [0.3, 0.4) is 0 Å². The zero-order chi connectivity index (χ0) is 26.1. The van der Waals surface area contributed by atoms with E-state index in [-0.39, 0.29) is 17.2 Å². The summed E-state index contributed by atoms with van der Waals surface area (Å²) in [5, 5.41) is 4.57. The first kappa shape index (κ1) is 27.0. The molecule has 3 rings (SSSR count). The molecule has 9 nitrogen and oxygen atoms in total. The molecule has 0 heterocycles. The second kappa shape index (κ2) is 12.4. The summed E-state index contributed by atoms with van der Waals surface area (Å²) in [4.78, 5) is 23.7. The Morgan fingerprint density at radius 3 is 2.33 bits per heavy atom. The molecule has 36 heavy (non-hydrogen) atoms.